The van der Waals surface area contributed by atoms with Crippen molar-refractivity contribution in [3.8, 4) is 0 Å². The van der Waals surface area contributed by atoms with Gasteiger partial charge in [-0.3, -0.25) is 0 Å². The molecule has 0 radical (unpaired) electrons. The number of carbonyl (C=O) groups excluding carboxylic acids is 1. The van der Waals surface area contributed by atoms with Crippen LogP contribution in [0.4, 0.5) is 4.79 Å². The summed E-state index contributed by atoms with van der Waals surface area (Å²) in [6.07, 6.45) is 5.33. The van der Waals surface area contributed by atoms with Crippen molar-refractivity contribution in [2.45, 2.75) is 72.8 Å². The number of halogens is 1. The molecular formula is C23H35ClN2O2. The minimum Gasteiger partial charge on any atom is -0.396 e. The molecule has 1 aromatic carbocycles. The van der Waals surface area contributed by atoms with Crippen molar-refractivity contribution in [1.29, 1.82) is 0 Å². The lowest BCUT2D eigenvalue weighted by atomic mass is 9.68. The Balaban J connectivity index is 2.39. The van der Waals surface area contributed by atoms with E-state index in [4.69, 9.17) is 11.6 Å². The highest BCUT2D eigenvalue weighted by molar-refractivity contribution is 6.31. The van der Waals surface area contributed by atoms with Gasteiger partial charge in [0.2, 0.25) is 0 Å². The summed E-state index contributed by atoms with van der Waals surface area (Å²) in [6, 6.07) is 5.92. The number of aliphatic hydroxyl groups is 1. The quantitative estimate of drug-likeness (QED) is 0.557. The third kappa shape index (κ3) is 5.30. The molecule has 0 bridgehead atoms. The first-order chi connectivity index (χ1) is 12.9. The third-order valence-corrected chi connectivity index (χ3v) is 6.07. The van der Waals surface area contributed by atoms with E-state index in [9.17, 15) is 9.90 Å². The van der Waals surface area contributed by atoms with E-state index in [0.717, 1.165) is 41.0 Å². The zero-order valence-corrected chi connectivity index (χ0v) is 18.8. The molecule has 0 spiro atoms. The fourth-order valence-electron chi connectivity index (χ4n) is 3.94. The van der Waals surface area contributed by atoms with Crippen molar-refractivity contribution in [3.05, 3.63) is 46.1 Å². The lowest BCUT2D eigenvalue weighted by Crippen LogP contribution is -2.55. The van der Waals surface area contributed by atoms with Crippen molar-refractivity contribution in [2.24, 2.45) is 10.8 Å². The SMILES string of the molecule is CC(C)(C)CCc1ccc(C2(C)NC(=O)NC=C2C(C)(C)CCCO)cc1Cl. The molecule has 28 heavy (non-hydrogen) atoms. The highest BCUT2D eigenvalue weighted by Crippen LogP contribution is 2.44. The molecule has 0 saturated heterocycles. The predicted octanol–water partition coefficient (Wildman–Crippen LogP) is 5.53. The van der Waals surface area contributed by atoms with Crippen LogP contribution in [0.1, 0.15) is 71.9 Å². The summed E-state index contributed by atoms with van der Waals surface area (Å²) < 4.78 is 0. The van der Waals surface area contributed by atoms with E-state index in [1.54, 1.807) is 0 Å². The molecule has 1 unspecified atom stereocenters. The Kier molecular flexibility index (Phi) is 6.88. The molecule has 1 aliphatic heterocycles. The third-order valence-electron chi connectivity index (χ3n) is 5.71. The number of aryl methyl sites for hydroxylation is 1. The molecule has 1 aromatic rings. The van der Waals surface area contributed by atoms with E-state index in [0.29, 0.717) is 6.42 Å². The van der Waals surface area contributed by atoms with Gasteiger partial charge in [-0.15, -0.1) is 0 Å². The molecule has 1 atom stereocenters. The topological polar surface area (TPSA) is 61.4 Å². The average Bonchev–Trinajstić information content (AvgIpc) is 2.57. The van der Waals surface area contributed by atoms with Gasteiger partial charge in [0.1, 0.15) is 0 Å². The molecule has 1 aliphatic rings. The number of rotatable bonds is 7. The Bertz CT molecular complexity index is 749. The molecule has 0 aliphatic carbocycles. The minimum absolute atomic E-state index is 0.154. The second kappa shape index (κ2) is 8.46. The average molecular weight is 407 g/mol. The maximum Gasteiger partial charge on any atom is 0.319 e. The monoisotopic (exact) mass is 406 g/mol. The molecule has 5 heteroatoms. The van der Waals surface area contributed by atoms with Crippen molar-refractivity contribution >= 4 is 17.6 Å². The van der Waals surface area contributed by atoms with Gasteiger partial charge in [-0.05, 0) is 66.2 Å². The number of benzene rings is 1. The van der Waals surface area contributed by atoms with E-state index in [1.165, 1.54) is 0 Å². The summed E-state index contributed by atoms with van der Waals surface area (Å²) in [5.41, 5.74) is 2.57. The van der Waals surface area contributed by atoms with Crippen LogP contribution >= 0.6 is 11.6 Å². The molecule has 2 amide bonds. The molecule has 1 heterocycles. The molecule has 156 valence electrons. The zero-order chi connectivity index (χ0) is 21.2. The second-order valence-electron chi connectivity index (χ2n) is 9.86. The largest absolute Gasteiger partial charge is 0.396 e. The van der Waals surface area contributed by atoms with Crippen LogP contribution in [0.3, 0.4) is 0 Å². The van der Waals surface area contributed by atoms with E-state index in [2.05, 4.69) is 57.4 Å². The molecular weight excluding hydrogens is 372 g/mol. The van der Waals surface area contributed by atoms with Gasteiger partial charge in [-0.2, -0.15) is 0 Å². The molecule has 0 aromatic heterocycles. The first-order valence-corrected chi connectivity index (χ1v) is 10.5. The van der Waals surface area contributed by atoms with Gasteiger partial charge in [-0.25, -0.2) is 4.79 Å². The number of carbonyl (C=O) groups is 1. The van der Waals surface area contributed by atoms with Gasteiger partial charge in [-0.1, -0.05) is 58.4 Å². The van der Waals surface area contributed by atoms with Crippen LogP contribution in [0.5, 0.6) is 0 Å². The Hall–Kier alpha value is -1.52. The van der Waals surface area contributed by atoms with E-state index in [-0.39, 0.29) is 23.5 Å². The summed E-state index contributed by atoms with van der Waals surface area (Å²) >= 11 is 6.64. The van der Waals surface area contributed by atoms with Crippen LogP contribution in [-0.4, -0.2) is 17.7 Å². The van der Waals surface area contributed by atoms with Crippen LogP contribution in [0.15, 0.2) is 30.0 Å². The highest BCUT2D eigenvalue weighted by Gasteiger charge is 2.42. The lowest BCUT2D eigenvalue weighted by Gasteiger charge is -2.44. The predicted molar refractivity (Wildman–Crippen MR) is 116 cm³/mol. The summed E-state index contributed by atoms with van der Waals surface area (Å²) in [6.45, 7) is 13.2. The molecule has 3 N–H and O–H groups in total. The summed E-state index contributed by atoms with van der Waals surface area (Å²) in [7, 11) is 0. The van der Waals surface area contributed by atoms with Crippen LogP contribution in [-0.2, 0) is 12.0 Å². The zero-order valence-electron chi connectivity index (χ0n) is 18.1. The smallest absolute Gasteiger partial charge is 0.319 e. The second-order valence-corrected chi connectivity index (χ2v) is 10.3. The van der Waals surface area contributed by atoms with Gasteiger partial charge >= 0.3 is 6.03 Å². The number of aliphatic hydroxyl groups excluding tert-OH is 1. The van der Waals surface area contributed by atoms with Crippen molar-refractivity contribution in [2.75, 3.05) is 6.61 Å². The van der Waals surface area contributed by atoms with Crippen molar-refractivity contribution in [3.63, 3.8) is 0 Å². The lowest BCUT2D eigenvalue weighted by molar-refractivity contribution is 0.215. The van der Waals surface area contributed by atoms with Crippen molar-refractivity contribution < 1.29 is 9.90 Å². The standard InChI is InChI=1S/C23H35ClN2O2/c1-21(2,3)12-10-16-8-9-17(14-18(16)24)23(6)19(15-25-20(28)26-23)22(4,5)11-7-13-27/h8-9,14-15,27H,7,10-13H2,1-6H3,(H2,25,26,28). The number of hydrogen-bond donors (Lipinski definition) is 3. The van der Waals surface area contributed by atoms with Crippen molar-refractivity contribution in [1.82, 2.24) is 10.6 Å². The van der Waals surface area contributed by atoms with E-state index < -0.39 is 5.54 Å². The summed E-state index contributed by atoms with van der Waals surface area (Å²) in [5, 5.41) is 15.9. The minimum atomic E-state index is -0.659. The number of amides is 2. The summed E-state index contributed by atoms with van der Waals surface area (Å²) in [4.78, 5) is 12.2. The van der Waals surface area contributed by atoms with Gasteiger partial charge in [0.05, 0.1) is 5.54 Å². The highest BCUT2D eigenvalue weighted by atomic mass is 35.5. The Morgan fingerprint density at radius 1 is 1.14 bits per heavy atom. The van der Waals surface area contributed by atoms with Gasteiger partial charge in [0.25, 0.3) is 0 Å². The molecule has 0 saturated carbocycles. The maximum atomic E-state index is 12.2. The van der Waals surface area contributed by atoms with Crippen LogP contribution in [0.2, 0.25) is 5.02 Å². The Morgan fingerprint density at radius 3 is 2.39 bits per heavy atom. The van der Waals surface area contributed by atoms with Crippen LogP contribution in [0, 0.1) is 10.8 Å². The van der Waals surface area contributed by atoms with E-state index >= 15 is 0 Å². The first kappa shape index (κ1) is 22.8. The number of nitrogens with one attached hydrogen (secondary N) is 2. The van der Waals surface area contributed by atoms with Crippen LogP contribution in [0.25, 0.3) is 0 Å². The van der Waals surface area contributed by atoms with Gasteiger partial charge in [0, 0.05) is 17.8 Å². The number of urea groups is 1. The Morgan fingerprint density at radius 2 is 1.82 bits per heavy atom. The van der Waals surface area contributed by atoms with Gasteiger partial charge in [0.15, 0.2) is 0 Å². The fourth-order valence-corrected chi connectivity index (χ4v) is 4.21. The summed E-state index contributed by atoms with van der Waals surface area (Å²) in [5.74, 6) is 0. The maximum absolute atomic E-state index is 12.2. The van der Waals surface area contributed by atoms with Gasteiger partial charge < -0.3 is 15.7 Å². The normalized spacial score (nSPS) is 20.4. The van der Waals surface area contributed by atoms with E-state index in [1.807, 2.05) is 19.2 Å². The van der Waals surface area contributed by atoms with Crippen LogP contribution < -0.4 is 10.6 Å². The number of hydrogen-bond acceptors (Lipinski definition) is 2. The fraction of sp³-hybridized carbons (Fsp3) is 0.609. The molecule has 4 nitrogen and oxygen atoms in total. The Labute approximate surface area is 174 Å². The first-order valence-electron chi connectivity index (χ1n) is 10.1. The molecule has 0 fully saturated rings. The molecule has 2 rings (SSSR count).